The zero-order valence-corrected chi connectivity index (χ0v) is 11.6. The largest absolute Gasteiger partial charge is 0.469 e. The van der Waals surface area contributed by atoms with Crippen molar-refractivity contribution in [3.8, 4) is 0 Å². The number of halogens is 1. The second kappa shape index (κ2) is 6.84. The van der Waals surface area contributed by atoms with E-state index in [1.165, 1.54) is 7.11 Å². The molecule has 5 nitrogen and oxygen atoms in total. The van der Waals surface area contributed by atoms with Gasteiger partial charge in [-0.05, 0) is 11.6 Å². The first-order valence-electron chi connectivity index (χ1n) is 6.18. The van der Waals surface area contributed by atoms with Crippen molar-refractivity contribution in [1.82, 2.24) is 9.88 Å². The van der Waals surface area contributed by atoms with E-state index < -0.39 is 0 Å². The average molecular weight is 285 g/mol. The van der Waals surface area contributed by atoms with Gasteiger partial charge in [0.2, 0.25) is 0 Å². The SMILES string of the molecule is COC(=O)CC1CN(Cc2ccncc2Cl)CCO1. The lowest BCUT2D eigenvalue weighted by molar-refractivity contribution is -0.145. The van der Waals surface area contributed by atoms with Crippen LogP contribution >= 0.6 is 11.6 Å². The lowest BCUT2D eigenvalue weighted by Crippen LogP contribution is -2.42. The third kappa shape index (κ3) is 4.16. The fourth-order valence-corrected chi connectivity index (χ4v) is 2.27. The Labute approximate surface area is 117 Å². The third-order valence-electron chi connectivity index (χ3n) is 3.10. The van der Waals surface area contributed by atoms with Gasteiger partial charge in [0.05, 0.1) is 31.3 Å². The van der Waals surface area contributed by atoms with Crippen molar-refractivity contribution in [2.75, 3.05) is 26.8 Å². The van der Waals surface area contributed by atoms with E-state index in [0.29, 0.717) is 18.2 Å². The summed E-state index contributed by atoms with van der Waals surface area (Å²) < 4.78 is 10.2. The molecule has 0 aliphatic carbocycles. The molecule has 1 aromatic heterocycles. The predicted molar refractivity (Wildman–Crippen MR) is 70.9 cm³/mol. The molecule has 0 bridgehead atoms. The Morgan fingerprint density at radius 3 is 3.26 bits per heavy atom. The first kappa shape index (κ1) is 14.2. The lowest BCUT2D eigenvalue weighted by atomic mass is 10.2. The van der Waals surface area contributed by atoms with Crippen molar-refractivity contribution in [3.05, 3.63) is 29.0 Å². The molecule has 1 aliphatic heterocycles. The first-order valence-corrected chi connectivity index (χ1v) is 6.56. The molecule has 0 amide bonds. The molecule has 6 heteroatoms. The maximum Gasteiger partial charge on any atom is 0.308 e. The number of nitrogens with zero attached hydrogens (tertiary/aromatic N) is 2. The van der Waals surface area contributed by atoms with Crippen LogP contribution in [0, 0.1) is 0 Å². The van der Waals surface area contributed by atoms with Crippen molar-refractivity contribution in [1.29, 1.82) is 0 Å². The second-order valence-electron chi connectivity index (χ2n) is 4.48. The Hall–Kier alpha value is -1.17. The van der Waals surface area contributed by atoms with Crippen LogP contribution in [0.4, 0.5) is 0 Å². The van der Waals surface area contributed by atoms with Gasteiger partial charge in [0.15, 0.2) is 0 Å². The molecule has 1 aromatic rings. The molecule has 2 heterocycles. The van der Waals surface area contributed by atoms with Gasteiger partial charge in [-0.1, -0.05) is 11.6 Å². The van der Waals surface area contributed by atoms with Gasteiger partial charge in [-0.3, -0.25) is 14.7 Å². The van der Waals surface area contributed by atoms with E-state index in [-0.39, 0.29) is 18.5 Å². The van der Waals surface area contributed by atoms with Crippen molar-refractivity contribution in [3.63, 3.8) is 0 Å². The zero-order chi connectivity index (χ0) is 13.7. The molecule has 0 radical (unpaired) electrons. The average Bonchev–Trinajstić information content (AvgIpc) is 2.42. The van der Waals surface area contributed by atoms with Gasteiger partial charge < -0.3 is 9.47 Å². The van der Waals surface area contributed by atoms with Crippen LogP contribution in [0.15, 0.2) is 18.5 Å². The molecule has 1 fully saturated rings. The standard InChI is InChI=1S/C13H17ClN2O3/c1-18-13(17)6-11-9-16(4-5-19-11)8-10-2-3-15-7-12(10)14/h2-3,7,11H,4-6,8-9H2,1H3. The molecule has 1 unspecified atom stereocenters. The van der Waals surface area contributed by atoms with Crippen LogP contribution in [0.2, 0.25) is 5.02 Å². The van der Waals surface area contributed by atoms with Crippen molar-refractivity contribution in [2.45, 2.75) is 19.1 Å². The summed E-state index contributed by atoms with van der Waals surface area (Å²) in [5.74, 6) is -0.242. The minimum atomic E-state index is -0.242. The highest BCUT2D eigenvalue weighted by Crippen LogP contribution is 2.18. The van der Waals surface area contributed by atoms with Crippen molar-refractivity contribution in [2.24, 2.45) is 0 Å². The predicted octanol–water partition coefficient (Wildman–Crippen LogP) is 1.50. The second-order valence-corrected chi connectivity index (χ2v) is 4.88. The van der Waals surface area contributed by atoms with E-state index in [1.807, 2.05) is 6.07 Å². The Balaban J connectivity index is 1.91. The third-order valence-corrected chi connectivity index (χ3v) is 3.44. The van der Waals surface area contributed by atoms with Gasteiger partial charge in [0.1, 0.15) is 0 Å². The highest BCUT2D eigenvalue weighted by molar-refractivity contribution is 6.31. The van der Waals surface area contributed by atoms with E-state index in [4.69, 9.17) is 16.3 Å². The summed E-state index contributed by atoms with van der Waals surface area (Å²) in [5, 5.41) is 0.665. The summed E-state index contributed by atoms with van der Waals surface area (Å²) >= 11 is 6.09. The molecule has 1 saturated heterocycles. The van der Waals surface area contributed by atoms with Crippen LogP contribution in [0.5, 0.6) is 0 Å². The smallest absolute Gasteiger partial charge is 0.308 e. The summed E-state index contributed by atoms with van der Waals surface area (Å²) in [7, 11) is 1.39. The number of hydrogen-bond donors (Lipinski definition) is 0. The Morgan fingerprint density at radius 1 is 1.68 bits per heavy atom. The van der Waals surface area contributed by atoms with Crippen LogP contribution in [0.3, 0.4) is 0 Å². The topological polar surface area (TPSA) is 51.7 Å². The Kier molecular flexibility index (Phi) is 5.13. The number of morpholine rings is 1. The Bertz CT molecular complexity index is 442. The summed E-state index contributed by atoms with van der Waals surface area (Å²) in [6, 6.07) is 1.91. The number of pyridine rings is 1. The molecule has 1 atom stereocenters. The van der Waals surface area contributed by atoms with Gasteiger partial charge >= 0.3 is 5.97 Å². The number of aromatic nitrogens is 1. The highest BCUT2D eigenvalue weighted by Gasteiger charge is 2.23. The van der Waals surface area contributed by atoms with Crippen LogP contribution in [-0.4, -0.2) is 48.8 Å². The summed E-state index contributed by atoms with van der Waals surface area (Å²) in [5.41, 5.74) is 1.04. The molecule has 1 aliphatic rings. The molecule has 2 rings (SSSR count). The fraction of sp³-hybridized carbons (Fsp3) is 0.538. The minimum absolute atomic E-state index is 0.109. The zero-order valence-electron chi connectivity index (χ0n) is 10.8. The van der Waals surface area contributed by atoms with Crippen molar-refractivity contribution < 1.29 is 14.3 Å². The monoisotopic (exact) mass is 284 g/mol. The van der Waals surface area contributed by atoms with E-state index in [1.54, 1.807) is 12.4 Å². The number of carbonyl (C=O) groups is 1. The maximum absolute atomic E-state index is 11.2. The van der Waals surface area contributed by atoms with E-state index in [2.05, 4.69) is 14.6 Å². The molecule has 0 N–H and O–H groups in total. The van der Waals surface area contributed by atoms with Gasteiger partial charge in [0, 0.05) is 32.0 Å². The highest BCUT2D eigenvalue weighted by atomic mass is 35.5. The van der Waals surface area contributed by atoms with Gasteiger partial charge in [-0.25, -0.2) is 0 Å². The number of methoxy groups -OCH3 is 1. The number of esters is 1. The molecular weight excluding hydrogens is 268 g/mol. The molecule has 0 aromatic carbocycles. The van der Waals surface area contributed by atoms with E-state index in [0.717, 1.165) is 18.7 Å². The van der Waals surface area contributed by atoms with Gasteiger partial charge in [-0.2, -0.15) is 0 Å². The molecular formula is C13H17ClN2O3. The van der Waals surface area contributed by atoms with Crippen LogP contribution in [0.1, 0.15) is 12.0 Å². The van der Waals surface area contributed by atoms with E-state index >= 15 is 0 Å². The molecule has 0 spiro atoms. The minimum Gasteiger partial charge on any atom is -0.469 e. The maximum atomic E-state index is 11.2. The van der Waals surface area contributed by atoms with Gasteiger partial charge in [0.25, 0.3) is 0 Å². The van der Waals surface area contributed by atoms with E-state index in [9.17, 15) is 4.79 Å². The molecule has 19 heavy (non-hydrogen) atoms. The van der Waals surface area contributed by atoms with Crippen LogP contribution < -0.4 is 0 Å². The van der Waals surface area contributed by atoms with Crippen LogP contribution in [0.25, 0.3) is 0 Å². The van der Waals surface area contributed by atoms with Crippen LogP contribution in [-0.2, 0) is 20.8 Å². The molecule has 104 valence electrons. The number of carbonyl (C=O) groups excluding carboxylic acids is 1. The van der Waals surface area contributed by atoms with Crippen molar-refractivity contribution >= 4 is 17.6 Å². The quantitative estimate of drug-likeness (QED) is 0.784. The number of rotatable bonds is 4. The Morgan fingerprint density at radius 2 is 2.53 bits per heavy atom. The van der Waals surface area contributed by atoms with Gasteiger partial charge in [-0.15, -0.1) is 0 Å². The normalized spacial score (nSPS) is 20.2. The summed E-state index contributed by atoms with van der Waals surface area (Å²) in [6.07, 6.45) is 3.55. The number of ether oxygens (including phenoxy) is 2. The summed E-state index contributed by atoms with van der Waals surface area (Å²) in [6.45, 7) is 2.89. The summed E-state index contributed by atoms with van der Waals surface area (Å²) in [4.78, 5) is 17.4. The number of hydrogen-bond acceptors (Lipinski definition) is 5. The first-order chi connectivity index (χ1) is 9.19. The molecule has 0 saturated carbocycles. The fourth-order valence-electron chi connectivity index (χ4n) is 2.09. The lowest BCUT2D eigenvalue weighted by Gasteiger charge is -2.32.